The van der Waals surface area contributed by atoms with Gasteiger partial charge in [-0.05, 0) is 69.6 Å². The number of nitrogens with two attached hydrogens (primary N) is 1. The van der Waals surface area contributed by atoms with Crippen LogP contribution in [-0.4, -0.2) is 17.6 Å². The van der Waals surface area contributed by atoms with Gasteiger partial charge in [0.2, 0.25) is 0 Å². The van der Waals surface area contributed by atoms with Crippen molar-refractivity contribution in [2.24, 2.45) is 27.9 Å². The van der Waals surface area contributed by atoms with E-state index in [9.17, 15) is 4.79 Å². The van der Waals surface area contributed by atoms with Gasteiger partial charge in [0, 0.05) is 5.54 Å². The first kappa shape index (κ1) is 21.5. The van der Waals surface area contributed by atoms with Gasteiger partial charge in [-0.15, -0.1) is 0 Å². The SMILES string of the molecule is CC(C)(N)CC(C)(C(=O)OC1CCC(C(C)(C)C)CC1)C(C)(C)C. The molecule has 0 bridgehead atoms. The number of carbonyl (C=O) groups excluding carboxylic acids is 1. The summed E-state index contributed by atoms with van der Waals surface area (Å²) in [5, 5.41) is 0. The molecule has 0 saturated heterocycles. The Bertz CT molecular complexity index is 428. The fourth-order valence-electron chi connectivity index (χ4n) is 3.88. The molecule has 1 aliphatic rings. The number of esters is 1. The summed E-state index contributed by atoms with van der Waals surface area (Å²) in [5.41, 5.74) is 5.43. The summed E-state index contributed by atoms with van der Waals surface area (Å²) in [5.74, 6) is 0.650. The van der Waals surface area contributed by atoms with E-state index in [0.717, 1.165) is 31.6 Å². The lowest BCUT2D eigenvalue weighted by Crippen LogP contribution is -2.50. The Morgan fingerprint density at radius 3 is 1.71 bits per heavy atom. The predicted molar refractivity (Wildman–Crippen MR) is 102 cm³/mol. The van der Waals surface area contributed by atoms with Crippen molar-refractivity contribution >= 4 is 5.97 Å². The first-order valence-electron chi connectivity index (χ1n) is 9.56. The predicted octanol–water partition coefficient (Wildman–Crippen LogP) is 5.31. The van der Waals surface area contributed by atoms with Crippen LogP contribution in [0.25, 0.3) is 0 Å². The van der Waals surface area contributed by atoms with Gasteiger partial charge in [-0.3, -0.25) is 4.79 Å². The molecule has 0 aromatic heterocycles. The van der Waals surface area contributed by atoms with E-state index in [0.29, 0.717) is 11.8 Å². The zero-order valence-electron chi connectivity index (χ0n) is 17.6. The lowest BCUT2D eigenvalue weighted by Gasteiger charge is -2.44. The first-order valence-corrected chi connectivity index (χ1v) is 9.56. The molecular weight excluding hydrogens is 298 g/mol. The van der Waals surface area contributed by atoms with Crippen LogP contribution in [0.2, 0.25) is 0 Å². The molecule has 1 fully saturated rings. The van der Waals surface area contributed by atoms with E-state index in [1.807, 2.05) is 20.8 Å². The molecule has 0 spiro atoms. The summed E-state index contributed by atoms with van der Waals surface area (Å²) in [6.45, 7) is 19.2. The van der Waals surface area contributed by atoms with Gasteiger partial charge in [0.05, 0.1) is 5.41 Å². The third kappa shape index (κ3) is 5.47. The van der Waals surface area contributed by atoms with E-state index in [4.69, 9.17) is 10.5 Å². The third-order valence-electron chi connectivity index (χ3n) is 6.09. The summed E-state index contributed by atoms with van der Waals surface area (Å²) in [6.07, 6.45) is 4.96. The second kappa shape index (κ2) is 6.97. The van der Waals surface area contributed by atoms with Crippen molar-refractivity contribution < 1.29 is 9.53 Å². The van der Waals surface area contributed by atoms with Crippen molar-refractivity contribution in [2.45, 2.75) is 106 Å². The summed E-state index contributed by atoms with van der Waals surface area (Å²) >= 11 is 0. The standard InChI is InChI=1S/C21H41NO2/c1-18(2,3)15-10-12-16(13-11-15)24-17(23)21(9,19(4,5)6)14-20(7,8)22/h15-16H,10-14,22H2,1-9H3. The van der Waals surface area contributed by atoms with Gasteiger partial charge in [-0.2, -0.15) is 0 Å². The number of hydrogen-bond acceptors (Lipinski definition) is 3. The number of ether oxygens (including phenoxy) is 1. The molecule has 0 radical (unpaired) electrons. The fourth-order valence-corrected chi connectivity index (χ4v) is 3.88. The highest BCUT2D eigenvalue weighted by atomic mass is 16.5. The Kier molecular flexibility index (Phi) is 6.24. The summed E-state index contributed by atoms with van der Waals surface area (Å²) in [7, 11) is 0. The lowest BCUT2D eigenvalue weighted by molar-refractivity contribution is -0.171. The third-order valence-corrected chi connectivity index (χ3v) is 6.09. The van der Waals surface area contributed by atoms with Gasteiger partial charge in [-0.1, -0.05) is 41.5 Å². The fraction of sp³-hybridized carbons (Fsp3) is 0.952. The molecule has 0 aromatic carbocycles. The minimum Gasteiger partial charge on any atom is -0.462 e. The summed E-state index contributed by atoms with van der Waals surface area (Å²) < 4.78 is 6.00. The maximum absolute atomic E-state index is 13.1. The molecule has 1 saturated carbocycles. The largest absolute Gasteiger partial charge is 0.462 e. The molecule has 3 heteroatoms. The van der Waals surface area contributed by atoms with Crippen molar-refractivity contribution in [3.05, 3.63) is 0 Å². The lowest BCUT2D eigenvalue weighted by atomic mass is 9.62. The molecule has 1 atom stereocenters. The Labute approximate surface area is 150 Å². The van der Waals surface area contributed by atoms with E-state index < -0.39 is 11.0 Å². The van der Waals surface area contributed by atoms with Crippen molar-refractivity contribution in [1.82, 2.24) is 0 Å². The topological polar surface area (TPSA) is 52.3 Å². The van der Waals surface area contributed by atoms with Crippen molar-refractivity contribution in [3.8, 4) is 0 Å². The van der Waals surface area contributed by atoms with Crippen LogP contribution in [-0.2, 0) is 9.53 Å². The molecular formula is C21H41NO2. The van der Waals surface area contributed by atoms with Crippen molar-refractivity contribution in [3.63, 3.8) is 0 Å². The zero-order chi connectivity index (χ0) is 19.0. The molecule has 3 nitrogen and oxygen atoms in total. The van der Waals surface area contributed by atoms with Gasteiger partial charge < -0.3 is 10.5 Å². The molecule has 142 valence electrons. The van der Waals surface area contributed by atoms with Gasteiger partial charge in [-0.25, -0.2) is 0 Å². The molecule has 0 aromatic rings. The Morgan fingerprint density at radius 1 is 0.917 bits per heavy atom. The van der Waals surface area contributed by atoms with Crippen LogP contribution in [0.4, 0.5) is 0 Å². The molecule has 1 aliphatic carbocycles. The van der Waals surface area contributed by atoms with Gasteiger partial charge in [0.25, 0.3) is 0 Å². The minimum atomic E-state index is -0.577. The van der Waals surface area contributed by atoms with Crippen LogP contribution in [0.15, 0.2) is 0 Å². The second-order valence-electron chi connectivity index (χ2n) is 11.0. The first-order chi connectivity index (χ1) is 10.6. The molecule has 24 heavy (non-hydrogen) atoms. The normalized spacial score (nSPS) is 25.9. The number of carbonyl (C=O) groups is 1. The molecule has 0 aliphatic heterocycles. The van der Waals surface area contributed by atoms with Crippen molar-refractivity contribution in [1.29, 1.82) is 0 Å². The smallest absolute Gasteiger partial charge is 0.312 e. The molecule has 1 rings (SSSR count). The van der Waals surface area contributed by atoms with Crippen LogP contribution < -0.4 is 5.73 Å². The van der Waals surface area contributed by atoms with E-state index in [2.05, 4.69) is 41.5 Å². The minimum absolute atomic E-state index is 0.0682. The van der Waals surface area contributed by atoms with Crippen LogP contribution in [0.1, 0.15) is 94.4 Å². The summed E-state index contributed by atoms with van der Waals surface area (Å²) in [4.78, 5) is 13.1. The highest BCUT2D eigenvalue weighted by Crippen LogP contribution is 2.46. The monoisotopic (exact) mass is 339 g/mol. The Balaban J connectivity index is 2.77. The molecule has 2 N–H and O–H groups in total. The second-order valence-corrected chi connectivity index (χ2v) is 11.0. The van der Waals surface area contributed by atoms with Gasteiger partial charge >= 0.3 is 5.97 Å². The van der Waals surface area contributed by atoms with Crippen LogP contribution in [0, 0.1) is 22.2 Å². The average molecular weight is 340 g/mol. The highest BCUT2D eigenvalue weighted by Gasteiger charge is 2.48. The summed E-state index contributed by atoms with van der Waals surface area (Å²) in [6, 6.07) is 0. The quantitative estimate of drug-likeness (QED) is 0.706. The van der Waals surface area contributed by atoms with E-state index in [1.165, 1.54) is 0 Å². The molecule has 0 heterocycles. The maximum Gasteiger partial charge on any atom is 0.312 e. The highest BCUT2D eigenvalue weighted by molar-refractivity contribution is 5.77. The Hall–Kier alpha value is -0.570. The maximum atomic E-state index is 13.1. The van der Waals surface area contributed by atoms with E-state index in [1.54, 1.807) is 0 Å². The van der Waals surface area contributed by atoms with E-state index >= 15 is 0 Å². The molecule has 1 unspecified atom stereocenters. The van der Waals surface area contributed by atoms with Crippen LogP contribution >= 0.6 is 0 Å². The van der Waals surface area contributed by atoms with Gasteiger partial charge in [0.1, 0.15) is 6.10 Å². The van der Waals surface area contributed by atoms with Gasteiger partial charge in [0.15, 0.2) is 0 Å². The Morgan fingerprint density at radius 2 is 1.38 bits per heavy atom. The van der Waals surface area contributed by atoms with E-state index in [-0.39, 0.29) is 17.5 Å². The zero-order valence-corrected chi connectivity index (χ0v) is 17.6. The number of hydrogen-bond donors (Lipinski definition) is 1. The molecule has 0 amide bonds. The number of rotatable bonds is 4. The average Bonchev–Trinajstić information content (AvgIpc) is 2.34. The van der Waals surface area contributed by atoms with Crippen molar-refractivity contribution in [2.75, 3.05) is 0 Å². The van der Waals surface area contributed by atoms with Crippen LogP contribution in [0.5, 0.6) is 0 Å². The van der Waals surface area contributed by atoms with Crippen LogP contribution in [0.3, 0.4) is 0 Å².